The minimum atomic E-state index is 0.542. The third kappa shape index (κ3) is 5.36. The first-order valence-corrected chi connectivity index (χ1v) is 23.7. The van der Waals surface area contributed by atoms with Gasteiger partial charge >= 0.3 is 0 Å². The van der Waals surface area contributed by atoms with Crippen molar-refractivity contribution in [3.8, 4) is 45.5 Å². The monoisotopic (exact) mass is 885 g/mol. The van der Waals surface area contributed by atoms with Gasteiger partial charge in [-0.1, -0.05) is 170 Å². The number of fused-ring (bicyclic) bond motifs is 14. The van der Waals surface area contributed by atoms with Crippen LogP contribution in [0.3, 0.4) is 0 Å². The summed E-state index contributed by atoms with van der Waals surface area (Å²) in [7, 11) is 0. The second-order valence-corrected chi connectivity index (χ2v) is 18.5. The molecule has 0 aliphatic carbocycles. The predicted octanol–water partition coefficient (Wildman–Crippen LogP) is 16.5. The number of hydrogen-bond donors (Lipinski definition) is 0. The van der Waals surface area contributed by atoms with Gasteiger partial charge in [0.05, 0.1) is 27.8 Å². The molecule has 0 N–H and O–H groups in total. The minimum Gasteiger partial charge on any atom is -0.454 e. The van der Waals surface area contributed by atoms with Gasteiger partial charge in [-0.05, 0) is 64.4 Å². The highest BCUT2D eigenvalue weighted by Crippen LogP contribution is 2.46. The van der Waals surface area contributed by atoms with Crippen molar-refractivity contribution in [1.82, 2.24) is 24.1 Å². The molecule has 15 aromatic rings. The first-order chi connectivity index (χ1) is 33.7. The summed E-state index contributed by atoms with van der Waals surface area (Å²) >= 11 is 1.78. The van der Waals surface area contributed by atoms with Crippen LogP contribution in [0.4, 0.5) is 0 Å². The molecule has 0 aliphatic rings. The van der Waals surface area contributed by atoms with E-state index in [0.29, 0.717) is 17.6 Å². The fraction of sp³-hybridized carbons (Fsp3) is 0. The van der Waals surface area contributed by atoms with Crippen LogP contribution in [0.1, 0.15) is 0 Å². The molecule has 0 amide bonds. The molecular weight excluding hydrogens is 851 g/mol. The van der Waals surface area contributed by atoms with Gasteiger partial charge in [-0.25, -0.2) is 4.98 Å². The Labute approximate surface area is 392 Å². The van der Waals surface area contributed by atoms with Crippen molar-refractivity contribution < 1.29 is 4.42 Å². The summed E-state index contributed by atoms with van der Waals surface area (Å²) in [5.74, 6) is 1.77. The molecule has 6 nitrogen and oxygen atoms in total. The molecule has 0 fully saturated rings. The van der Waals surface area contributed by atoms with E-state index in [9.17, 15) is 0 Å². The molecule has 0 unspecified atom stereocenters. The van der Waals surface area contributed by atoms with E-state index in [1.165, 1.54) is 26.2 Å². The summed E-state index contributed by atoms with van der Waals surface area (Å²) in [6, 6.07) is 75.5. The van der Waals surface area contributed by atoms with Gasteiger partial charge in [0.25, 0.3) is 0 Å². The Morgan fingerprint density at radius 3 is 1.81 bits per heavy atom. The standard InChI is InChI=1S/C61H35N5OS/c1-2-17-37(18-3-1)59-62-60(48-27-15-26-47-44-24-9-13-31-54(44)68-58(47)48)64-61(63-59)66-51-29-11-7-22-42(51)46-33-32-45-41-21-6-10-28-50(41)65(55(45)56(46)66)52-35-38(40-25-14-19-36-16-4-5-20-39(36)40)34-49-43-23-8-12-30-53(43)67-57(49)52/h1-35H. The second-order valence-electron chi connectivity index (χ2n) is 17.5. The molecular formula is C61H35N5OS. The lowest BCUT2D eigenvalue weighted by molar-refractivity contribution is 0.666. The summed E-state index contributed by atoms with van der Waals surface area (Å²) in [5.41, 5.74) is 10.9. The van der Waals surface area contributed by atoms with Crippen molar-refractivity contribution in [1.29, 1.82) is 0 Å². The smallest absolute Gasteiger partial charge is 0.238 e. The zero-order chi connectivity index (χ0) is 44.5. The van der Waals surface area contributed by atoms with Gasteiger partial charge in [0.1, 0.15) is 5.58 Å². The number of para-hydroxylation sites is 3. The lowest BCUT2D eigenvalue weighted by atomic mass is 9.96. The highest BCUT2D eigenvalue weighted by molar-refractivity contribution is 7.26. The second kappa shape index (κ2) is 14.3. The Hall–Kier alpha value is -8.91. The van der Waals surface area contributed by atoms with Gasteiger partial charge < -0.3 is 8.98 Å². The van der Waals surface area contributed by atoms with Crippen LogP contribution < -0.4 is 0 Å². The first-order valence-electron chi connectivity index (χ1n) is 22.9. The zero-order valence-corrected chi connectivity index (χ0v) is 37.1. The molecule has 0 radical (unpaired) electrons. The van der Waals surface area contributed by atoms with Crippen molar-refractivity contribution >= 4 is 108 Å². The molecule has 316 valence electrons. The normalized spacial score (nSPS) is 12.1. The van der Waals surface area contributed by atoms with E-state index in [0.717, 1.165) is 98.2 Å². The minimum absolute atomic E-state index is 0.542. The lowest BCUT2D eigenvalue weighted by Gasteiger charge is -2.15. The van der Waals surface area contributed by atoms with Crippen LogP contribution in [0.5, 0.6) is 0 Å². The maximum Gasteiger partial charge on any atom is 0.238 e. The summed E-state index contributed by atoms with van der Waals surface area (Å²) in [6.45, 7) is 0. The number of nitrogens with zero attached hydrogens (tertiary/aromatic N) is 5. The van der Waals surface area contributed by atoms with E-state index in [1.54, 1.807) is 11.3 Å². The fourth-order valence-electron chi connectivity index (χ4n) is 10.8. The molecule has 0 saturated carbocycles. The number of rotatable bonds is 5. The number of thiophene rings is 1. The first kappa shape index (κ1) is 37.3. The Morgan fingerprint density at radius 2 is 0.985 bits per heavy atom. The van der Waals surface area contributed by atoms with Gasteiger partial charge in [0.2, 0.25) is 5.95 Å². The zero-order valence-electron chi connectivity index (χ0n) is 36.3. The summed E-state index contributed by atoms with van der Waals surface area (Å²) in [5, 5.41) is 11.4. The predicted molar refractivity (Wildman–Crippen MR) is 282 cm³/mol. The summed E-state index contributed by atoms with van der Waals surface area (Å²) in [4.78, 5) is 16.3. The van der Waals surface area contributed by atoms with E-state index in [1.807, 2.05) is 24.3 Å². The average Bonchev–Trinajstić information content (AvgIpc) is 4.16. The molecule has 15 rings (SSSR count). The molecule has 0 aliphatic heterocycles. The Kier molecular flexibility index (Phi) is 7.85. The van der Waals surface area contributed by atoms with Crippen LogP contribution in [0, 0.1) is 0 Å². The van der Waals surface area contributed by atoms with Gasteiger partial charge in [0, 0.05) is 63.6 Å². The van der Waals surface area contributed by atoms with Crippen LogP contribution in [-0.4, -0.2) is 24.1 Å². The number of furan rings is 1. The third-order valence-corrected chi connectivity index (χ3v) is 15.0. The molecule has 0 spiro atoms. The van der Waals surface area contributed by atoms with Crippen LogP contribution >= 0.6 is 11.3 Å². The molecule has 68 heavy (non-hydrogen) atoms. The maximum absolute atomic E-state index is 7.00. The summed E-state index contributed by atoms with van der Waals surface area (Å²) in [6.07, 6.45) is 0. The van der Waals surface area contributed by atoms with Crippen molar-refractivity contribution in [3.05, 3.63) is 212 Å². The van der Waals surface area contributed by atoms with E-state index >= 15 is 0 Å². The molecule has 5 aromatic heterocycles. The lowest BCUT2D eigenvalue weighted by Crippen LogP contribution is -2.07. The Morgan fingerprint density at radius 1 is 0.382 bits per heavy atom. The van der Waals surface area contributed by atoms with Crippen molar-refractivity contribution in [2.24, 2.45) is 0 Å². The van der Waals surface area contributed by atoms with Crippen LogP contribution in [0.25, 0.3) is 142 Å². The average molecular weight is 886 g/mol. The van der Waals surface area contributed by atoms with Gasteiger partial charge in [0.15, 0.2) is 17.2 Å². The van der Waals surface area contributed by atoms with Crippen molar-refractivity contribution in [2.45, 2.75) is 0 Å². The van der Waals surface area contributed by atoms with Gasteiger partial charge in [-0.2, -0.15) is 9.97 Å². The van der Waals surface area contributed by atoms with Crippen molar-refractivity contribution in [3.63, 3.8) is 0 Å². The van der Waals surface area contributed by atoms with Crippen LogP contribution in [-0.2, 0) is 0 Å². The van der Waals surface area contributed by atoms with E-state index in [2.05, 4.69) is 197 Å². The van der Waals surface area contributed by atoms with E-state index < -0.39 is 0 Å². The SMILES string of the molecule is c1ccc(-c2nc(-c3cccc4c3sc3ccccc34)nc(-n3c4ccccc4c4ccc5c6ccccc6n(-c6cc(-c7cccc8ccccc78)cc7c6oc6ccccc67)c5c43)n2)cc1. The molecule has 7 heteroatoms. The van der Waals surface area contributed by atoms with Crippen molar-refractivity contribution in [2.75, 3.05) is 0 Å². The summed E-state index contributed by atoms with van der Waals surface area (Å²) < 4.78 is 14.1. The van der Waals surface area contributed by atoms with Gasteiger partial charge in [-0.3, -0.25) is 4.57 Å². The maximum atomic E-state index is 7.00. The molecule has 10 aromatic carbocycles. The highest BCUT2D eigenvalue weighted by Gasteiger charge is 2.26. The molecule has 0 atom stereocenters. The molecule has 5 heterocycles. The highest BCUT2D eigenvalue weighted by atomic mass is 32.1. The molecule has 0 saturated heterocycles. The number of hydrogen-bond acceptors (Lipinski definition) is 5. The van der Waals surface area contributed by atoms with Crippen LogP contribution in [0.15, 0.2) is 217 Å². The fourth-order valence-corrected chi connectivity index (χ4v) is 12.0. The Bertz CT molecular complexity index is 4570. The van der Waals surface area contributed by atoms with Gasteiger partial charge in [-0.15, -0.1) is 11.3 Å². The molecule has 0 bridgehead atoms. The quantitative estimate of drug-likeness (QED) is 0.173. The van der Waals surface area contributed by atoms with Crippen LogP contribution in [0.2, 0.25) is 0 Å². The third-order valence-electron chi connectivity index (χ3n) is 13.8. The topological polar surface area (TPSA) is 61.7 Å². The van der Waals surface area contributed by atoms with E-state index in [-0.39, 0.29) is 0 Å². The Balaban J connectivity index is 1.10. The van der Waals surface area contributed by atoms with E-state index in [4.69, 9.17) is 19.4 Å². The largest absolute Gasteiger partial charge is 0.454 e. The number of aromatic nitrogens is 5. The number of benzene rings is 10.